The Morgan fingerprint density at radius 2 is 0.725 bits per heavy atom. The lowest BCUT2D eigenvalue weighted by Crippen LogP contribution is -2.45. The molecule has 0 saturated carbocycles. The molecule has 6 nitrogen and oxygen atoms in total. The normalized spacial score (nSPS) is 12.8. The molecule has 2 atom stereocenters. The highest BCUT2D eigenvalue weighted by atomic mass is 16.5. The summed E-state index contributed by atoms with van der Waals surface area (Å²) in [6.07, 6.45) is 73.2. The number of allylic oxidation sites excluding steroid dienone is 5. The van der Waals surface area contributed by atoms with E-state index in [2.05, 4.69) is 43.5 Å². The maximum Gasteiger partial charge on any atom is 0.305 e. The number of carbonyl (C=O) groups excluding carboxylic acids is 2. The molecule has 0 bridgehead atoms. The zero-order chi connectivity index (χ0) is 50.0. The van der Waals surface area contributed by atoms with Gasteiger partial charge in [0, 0.05) is 12.8 Å². The van der Waals surface area contributed by atoms with Crippen LogP contribution in [-0.4, -0.2) is 47.4 Å². The van der Waals surface area contributed by atoms with Gasteiger partial charge in [-0.25, -0.2) is 0 Å². The summed E-state index contributed by atoms with van der Waals surface area (Å²) in [6, 6.07) is -0.627. The van der Waals surface area contributed by atoms with E-state index in [1.165, 1.54) is 250 Å². The lowest BCUT2D eigenvalue weighted by atomic mass is 10.0. The molecule has 406 valence electrons. The molecular formula is C63H119NO5. The van der Waals surface area contributed by atoms with Gasteiger partial charge in [0.15, 0.2) is 0 Å². The summed E-state index contributed by atoms with van der Waals surface area (Å²) >= 11 is 0. The molecule has 0 aromatic carbocycles. The van der Waals surface area contributed by atoms with Gasteiger partial charge in [0.25, 0.3) is 0 Å². The van der Waals surface area contributed by atoms with Gasteiger partial charge in [-0.1, -0.05) is 288 Å². The van der Waals surface area contributed by atoms with Gasteiger partial charge in [-0.15, -0.1) is 0 Å². The molecule has 0 heterocycles. The number of rotatable bonds is 57. The molecule has 3 N–H and O–H groups in total. The number of aliphatic hydroxyl groups excluding tert-OH is 2. The average Bonchev–Trinajstić information content (AvgIpc) is 3.35. The second-order valence-electron chi connectivity index (χ2n) is 21.0. The predicted octanol–water partition coefficient (Wildman–Crippen LogP) is 19.2. The summed E-state index contributed by atoms with van der Waals surface area (Å²) in [5.41, 5.74) is 0. The first kappa shape index (κ1) is 67.1. The number of nitrogens with one attached hydrogen (secondary N) is 1. The number of aliphatic hydroxyl groups is 2. The van der Waals surface area contributed by atoms with Crippen molar-refractivity contribution in [2.45, 2.75) is 341 Å². The molecule has 6 heteroatoms. The Morgan fingerprint density at radius 1 is 0.406 bits per heavy atom. The van der Waals surface area contributed by atoms with Crippen LogP contribution in [0.3, 0.4) is 0 Å². The Morgan fingerprint density at radius 3 is 1.12 bits per heavy atom. The van der Waals surface area contributed by atoms with Gasteiger partial charge in [-0.3, -0.25) is 9.59 Å². The SMILES string of the molecule is CCCCCC/C=C\C/C=C\CCCCCCCCCC(=O)OCCCCCCCCCCCCCCCCCCCCCCCCC(=O)NC(CO)C(O)/C=C/CCCCCCCCCCCC. The third kappa shape index (κ3) is 55.2. The van der Waals surface area contributed by atoms with Crippen LogP contribution < -0.4 is 5.32 Å². The zero-order valence-electron chi connectivity index (χ0n) is 46.3. The second kappa shape index (κ2) is 58.6. The van der Waals surface area contributed by atoms with E-state index in [4.69, 9.17) is 4.74 Å². The average molecular weight is 971 g/mol. The third-order valence-corrected chi connectivity index (χ3v) is 14.2. The minimum atomic E-state index is -0.844. The van der Waals surface area contributed by atoms with Crippen LogP contribution in [0.25, 0.3) is 0 Å². The molecule has 0 fully saturated rings. The first-order valence-corrected chi connectivity index (χ1v) is 30.8. The highest BCUT2D eigenvalue weighted by molar-refractivity contribution is 5.76. The fourth-order valence-corrected chi connectivity index (χ4v) is 9.43. The van der Waals surface area contributed by atoms with Crippen molar-refractivity contribution in [3.8, 4) is 0 Å². The second-order valence-corrected chi connectivity index (χ2v) is 21.0. The summed E-state index contributed by atoms with van der Waals surface area (Å²) in [5.74, 6) is -0.0632. The van der Waals surface area contributed by atoms with Crippen molar-refractivity contribution in [1.29, 1.82) is 0 Å². The standard InChI is InChI=1S/C63H119NO5/c1-3-5-7-9-11-13-15-17-18-19-27-30-33-37-41-45-49-53-57-63(68)69-58-54-50-46-42-38-34-31-28-25-23-21-20-22-24-26-29-32-36-40-44-48-52-56-62(67)64-60(59-65)61(66)55-51-47-43-39-35-16-14-12-10-8-6-4-2/h13,15,18-19,51,55,60-61,65-66H,3-12,14,16-17,20-50,52-54,56-59H2,1-2H3,(H,64,67)/b15-13-,19-18-,55-51+. The minimum Gasteiger partial charge on any atom is -0.466 e. The van der Waals surface area contributed by atoms with Gasteiger partial charge in [-0.2, -0.15) is 0 Å². The highest BCUT2D eigenvalue weighted by Gasteiger charge is 2.18. The van der Waals surface area contributed by atoms with E-state index in [0.717, 1.165) is 51.4 Å². The molecule has 0 radical (unpaired) electrons. The molecule has 0 aliphatic carbocycles. The minimum absolute atomic E-state index is 0.00528. The molecule has 69 heavy (non-hydrogen) atoms. The van der Waals surface area contributed by atoms with Gasteiger partial charge in [-0.05, 0) is 64.2 Å². The van der Waals surface area contributed by atoms with Crippen molar-refractivity contribution >= 4 is 11.9 Å². The molecule has 0 aromatic rings. The van der Waals surface area contributed by atoms with Crippen LogP contribution in [0.5, 0.6) is 0 Å². The summed E-state index contributed by atoms with van der Waals surface area (Å²) in [4.78, 5) is 24.5. The maximum absolute atomic E-state index is 12.4. The van der Waals surface area contributed by atoms with E-state index in [-0.39, 0.29) is 18.5 Å². The number of unbranched alkanes of at least 4 members (excludes halogenated alkanes) is 42. The number of hydrogen-bond acceptors (Lipinski definition) is 5. The largest absolute Gasteiger partial charge is 0.466 e. The van der Waals surface area contributed by atoms with Crippen molar-refractivity contribution in [1.82, 2.24) is 5.32 Å². The molecule has 0 aliphatic rings. The predicted molar refractivity (Wildman–Crippen MR) is 301 cm³/mol. The van der Waals surface area contributed by atoms with Gasteiger partial charge in [0.1, 0.15) is 0 Å². The number of amides is 1. The zero-order valence-corrected chi connectivity index (χ0v) is 46.3. The van der Waals surface area contributed by atoms with Gasteiger partial charge < -0.3 is 20.3 Å². The first-order valence-electron chi connectivity index (χ1n) is 30.8. The van der Waals surface area contributed by atoms with Crippen molar-refractivity contribution in [2.75, 3.05) is 13.2 Å². The third-order valence-electron chi connectivity index (χ3n) is 14.2. The van der Waals surface area contributed by atoms with Crippen LogP contribution in [0.15, 0.2) is 36.5 Å². The van der Waals surface area contributed by atoms with Gasteiger partial charge >= 0.3 is 5.97 Å². The topological polar surface area (TPSA) is 95.9 Å². The molecule has 1 amide bonds. The maximum atomic E-state index is 12.4. The Hall–Kier alpha value is -1.92. The lowest BCUT2D eigenvalue weighted by Gasteiger charge is -2.20. The van der Waals surface area contributed by atoms with E-state index >= 15 is 0 Å². The molecule has 2 unspecified atom stereocenters. The fraction of sp³-hybridized carbons (Fsp3) is 0.873. The Labute approximate surface area is 430 Å². The van der Waals surface area contributed by atoms with Crippen LogP contribution >= 0.6 is 0 Å². The van der Waals surface area contributed by atoms with Crippen molar-refractivity contribution in [3.63, 3.8) is 0 Å². The van der Waals surface area contributed by atoms with Crippen molar-refractivity contribution in [3.05, 3.63) is 36.5 Å². The van der Waals surface area contributed by atoms with E-state index in [9.17, 15) is 19.8 Å². The first-order chi connectivity index (χ1) is 34.0. The molecule has 0 aliphatic heterocycles. The van der Waals surface area contributed by atoms with E-state index in [0.29, 0.717) is 19.4 Å². The molecule has 0 spiro atoms. The number of esters is 1. The lowest BCUT2D eigenvalue weighted by molar-refractivity contribution is -0.143. The van der Waals surface area contributed by atoms with E-state index in [1.807, 2.05) is 6.08 Å². The molecule has 0 saturated heterocycles. The monoisotopic (exact) mass is 970 g/mol. The fourth-order valence-electron chi connectivity index (χ4n) is 9.43. The van der Waals surface area contributed by atoms with Crippen LogP contribution in [0.4, 0.5) is 0 Å². The summed E-state index contributed by atoms with van der Waals surface area (Å²) in [6.45, 7) is 4.88. The summed E-state index contributed by atoms with van der Waals surface area (Å²) in [7, 11) is 0. The van der Waals surface area contributed by atoms with Crippen LogP contribution in [0, 0.1) is 0 Å². The Kier molecular flexibility index (Phi) is 57.0. The Balaban J connectivity index is 3.38. The summed E-state index contributed by atoms with van der Waals surface area (Å²) < 4.78 is 5.49. The van der Waals surface area contributed by atoms with Crippen LogP contribution in [0.2, 0.25) is 0 Å². The van der Waals surface area contributed by atoms with Gasteiger partial charge in [0.2, 0.25) is 5.91 Å². The number of ether oxygens (including phenoxy) is 1. The Bertz CT molecular complexity index is 1120. The smallest absolute Gasteiger partial charge is 0.305 e. The van der Waals surface area contributed by atoms with Gasteiger partial charge in [0.05, 0.1) is 25.4 Å². The van der Waals surface area contributed by atoms with Crippen molar-refractivity contribution in [2.24, 2.45) is 0 Å². The van der Waals surface area contributed by atoms with Crippen LogP contribution in [-0.2, 0) is 14.3 Å². The number of hydrogen-bond donors (Lipinski definition) is 3. The van der Waals surface area contributed by atoms with E-state index < -0.39 is 12.1 Å². The molecule has 0 aromatic heterocycles. The molecule has 0 rings (SSSR count). The van der Waals surface area contributed by atoms with E-state index in [1.54, 1.807) is 6.08 Å². The highest BCUT2D eigenvalue weighted by Crippen LogP contribution is 2.17. The molecular weight excluding hydrogens is 851 g/mol. The quantitative estimate of drug-likeness (QED) is 0.0321. The summed E-state index contributed by atoms with van der Waals surface area (Å²) in [5, 5.41) is 23.1. The number of carbonyl (C=O) groups is 2. The van der Waals surface area contributed by atoms with Crippen LogP contribution in [0.1, 0.15) is 328 Å². The van der Waals surface area contributed by atoms with Crippen molar-refractivity contribution < 1.29 is 24.5 Å².